The summed E-state index contributed by atoms with van der Waals surface area (Å²) in [5.41, 5.74) is -0.806. The third-order valence-corrected chi connectivity index (χ3v) is 5.38. The second-order valence-electron chi connectivity index (χ2n) is 6.96. The molecule has 2 aliphatic rings. The van der Waals surface area contributed by atoms with Crippen molar-refractivity contribution >= 4 is 11.9 Å². The Morgan fingerprint density at radius 2 is 1.67 bits per heavy atom. The van der Waals surface area contributed by atoms with Crippen molar-refractivity contribution in [2.24, 2.45) is 5.41 Å². The number of likely N-dealkylation sites (tertiary alicyclic amines) is 1. The summed E-state index contributed by atoms with van der Waals surface area (Å²) in [6.07, 6.45) is 10.1. The fourth-order valence-electron chi connectivity index (χ4n) is 3.91. The van der Waals surface area contributed by atoms with E-state index in [1.165, 1.54) is 12.8 Å². The number of aliphatic carboxylic acids is 1. The van der Waals surface area contributed by atoms with Gasteiger partial charge in [-0.2, -0.15) is 0 Å². The Bertz CT molecular complexity index is 372. The average molecular weight is 295 g/mol. The minimum Gasteiger partial charge on any atom is -0.481 e. The molecule has 0 aromatic heterocycles. The van der Waals surface area contributed by atoms with Gasteiger partial charge >= 0.3 is 5.97 Å². The predicted molar refractivity (Wildman–Crippen MR) is 82.0 cm³/mol. The lowest BCUT2D eigenvalue weighted by Crippen LogP contribution is -2.43. The molecule has 1 saturated carbocycles. The average Bonchev–Trinajstić information content (AvgIpc) is 2.80. The Morgan fingerprint density at radius 1 is 1.05 bits per heavy atom. The number of rotatable bonds is 3. The van der Waals surface area contributed by atoms with Gasteiger partial charge in [0.15, 0.2) is 0 Å². The normalized spacial score (nSPS) is 26.7. The van der Waals surface area contributed by atoms with Crippen LogP contribution in [0.25, 0.3) is 0 Å². The lowest BCUT2D eigenvalue weighted by molar-refractivity contribution is -0.155. The second kappa shape index (κ2) is 7.28. The predicted octanol–water partition coefficient (Wildman–Crippen LogP) is 3.59. The number of carboxylic acid groups (broad SMARTS) is 1. The molecule has 0 aromatic rings. The summed E-state index contributed by atoms with van der Waals surface area (Å²) in [5, 5.41) is 9.71. The van der Waals surface area contributed by atoms with E-state index in [0.717, 1.165) is 45.1 Å². The molecule has 1 amide bonds. The summed E-state index contributed by atoms with van der Waals surface area (Å²) < 4.78 is 0. The monoisotopic (exact) mass is 295 g/mol. The van der Waals surface area contributed by atoms with Crippen molar-refractivity contribution < 1.29 is 14.7 Å². The van der Waals surface area contributed by atoms with Crippen molar-refractivity contribution in [1.29, 1.82) is 0 Å². The van der Waals surface area contributed by atoms with Crippen molar-refractivity contribution in [3.05, 3.63) is 0 Å². The molecule has 2 rings (SSSR count). The van der Waals surface area contributed by atoms with E-state index in [1.807, 2.05) is 4.90 Å². The van der Waals surface area contributed by atoms with E-state index < -0.39 is 11.4 Å². The van der Waals surface area contributed by atoms with Crippen LogP contribution in [0.2, 0.25) is 0 Å². The molecule has 1 heterocycles. The number of amides is 1. The fraction of sp³-hybridized carbons (Fsp3) is 0.882. The third kappa shape index (κ3) is 3.98. The van der Waals surface area contributed by atoms with Gasteiger partial charge in [0.2, 0.25) is 5.91 Å². The highest BCUT2D eigenvalue weighted by atomic mass is 16.4. The van der Waals surface area contributed by atoms with Gasteiger partial charge in [0.05, 0.1) is 5.41 Å². The summed E-state index contributed by atoms with van der Waals surface area (Å²) >= 11 is 0. The first-order valence-corrected chi connectivity index (χ1v) is 8.58. The minimum absolute atomic E-state index is 0.0636. The van der Waals surface area contributed by atoms with Crippen LogP contribution in [0.1, 0.15) is 77.6 Å². The highest BCUT2D eigenvalue weighted by Crippen LogP contribution is 2.39. The fourth-order valence-corrected chi connectivity index (χ4v) is 3.91. The molecular weight excluding hydrogens is 266 g/mol. The van der Waals surface area contributed by atoms with E-state index >= 15 is 0 Å². The zero-order valence-electron chi connectivity index (χ0n) is 13.3. The van der Waals surface area contributed by atoms with Gasteiger partial charge in [0.25, 0.3) is 0 Å². The first kappa shape index (κ1) is 16.3. The van der Waals surface area contributed by atoms with Crippen LogP contribution in [0.15, 0.2) is 0 Å². The number of carbonyl (C=O) groups excluding carboxylic acids is 1. The van der Waals surface area contributed by atoms with E-state index in [1.54, 1.807) is 0 Å². The summed E-state index contributed by atoms with van der Waals surface area (Å²) in [5.74, 6) is -0.700. The SMILES string of the molecule is CC1CCCCCN1C(=O)CC1(C(=O)O)CCCCCC1. The van der Waals surface area contributed by atoms with E-state index in [-0.39, 0.29) is 18.4 Å². The van der Waals surface area contributed by atoms with Crippen LogP contribution in [0.4, 0.5) is 0 Å². The molecule has 0 spiro atoms. The van der Waals surface area contributed by atoms with Crippen LogP contribution in [0.3, 0.4) is 0 Å². The molecule has 1 atom stereocenters. The first-order chi connectivity index (χ1) is 10.1. The van der Waals surface area contributed by atoms with Crippen molar-refractivity contribution in [2.45, 2.75) is 83.6 Å². The highest BCUT2D eigenvalue weighted by Gasteiger charge is 2.42. The first-order valence-electron chi connectivity index (χ1n) is 8.58. The summed E-state index contributed by atoms with van der Waals surface area (Å²) in [7, 11) is 0. The van der Waals surface area contributed by atoms with Crippen molar-refractivity contribution in [2.75, 3.05) is 6.54 Å². The molecule has 0 bridgehead atoms. The van der Waals surface area contributed by atoms with E-state index in [2.05, 4.69) is 6.92 Å². The van der Waals surface area contributed by atoms with Crippen LogP contribution in [0.5, 0.6) is 0 Å². The Balaban J connectivity index is 2.08. The Hall–Kier alpha value is -1.06. The lowest BCUT2D eigenvalue weighted by Gasteiger charge is -2.33. The molecule has 1 aliphatic heterocycles. The molecule has 1 saturated heterocycles. The number of carbonyl (C=O) groups is 2. The van der Waals surface area contributed by atoms with Crippen LogP contribution >= 0.6 is 0 Å². The topological polar surface area (TPSA) is 57.6 Å². The summed E-state index contributed by atoms with van der Waals surface area (Å²) in [6, 6.07) is 0.261. The molecule has 1 aliphatic carbocycles. The molecule has 0 aromatic carbocycles. The quantitative estimate of drug-likeness (QED) is 0.809. The minimum atomic E-state index is -0.806. The van der Waals surface area contributed by atoms with Gasteiger partial charge in [-0.15, -0.1) is 0 Å². The molecule has 0 radical (unpaired) electrons. The molecule has 4 nitrogen and oxygen atoms in total. The summed E-state index contributed by atoms with van der Waals surface area (Å²) in [6.45, 7) is 2.90. The van der Waals surface area contributed by atoms with Crippen molar-refractivity contribution in [3.8, 4) is 0 Å². The third-order valence-electron chi connectivity index (χ3n) is 5.38. The van der Waals surface area contributed by atoms with Crippen LogP contribution in [0, 0.1) is 5.41 Å². The van der Waals surface area contributed by atoms with E-state index in [0.29, 0.717) is 12.8 Å². The zero-order chi connectivity index (χ0) is 15.3. The number of nitrogens with zero attached hydrogens (tertiary/aromatic N) is 1. The molecule has 2 fully saturated rings. The lowest BCUT2D eigenvalue weighted by atomic mass is 9.77. The van der Waals surface area contributed by atoms with Gasteiger partial charge in [-0.1, -0.05) is 38.5 Å². The van der Waals surface area contributed by atoms with Crippen LogP contribution in [-0.4, -0.2) is 34.5 Å². The molecule has 120 valence electrons. The molecule has 21 heavy (non-hydrogen) atoms. The van der Waals surface area contributed by atoms with E-state index in [9.17, 15) is 14.7 Å². The maximum absolute atomic E-state index is 12.7. The standard InChI is InChI=1S/C17H29NO3/c1-14-9-5-4-8-12-18(14)15(19)13-17(16(20)21)10-6-2-3-7-11-17/h14H,2-13H2,1H3,(H,20,21). The number of hydrogen-bond donors (Lipinski definition) is 1. The van der Waals surface area contributed by atoms with Gasteiger partial charge in [0, 0.05) is 19.0 Å². The van der Waals surface area contributed by atoms with Crippen LogP contribution < -0.4 is 0 Å². The van der Waals surface area contributed by atoms with Gasteiger partial charge in [-0.3, -0.25) is 9.59 Å². The Morgan fingerprint density at radius 3 is 2.29 bits per heavy atom. The second-order valence-corrected chi connectivity index (χ2v) is 6.96. The largest absolute Gasteiger partial charge is 0.481 e. The van der Waals surface area contributed by atoms with Gasteiger partial charge in [0.1, 0.15) is 0 Å². The molecular formula is C17H29NO3. The number of carboxylic acids is 1. The highest BCUT2D eigenvalue weighted by molar-refractivity contribution is 5.85. The van der Waals surface area contributed by atoms with Gasteiger partial charge in [-0.05, 0) is 32.6 Å². The zero-order valence-corrected chi connectivity index (χ0v) is 13.3. The van der Waals surface area contributed by atoms with Gasteiger partial charge in [-0.25, -0.2) is 0 Å². The maximum atomic E-state index is 12.7. The van der Waals surface area contributed by atoms with Crippen molar-refractivity contribution in [3.63, 3.8) is 0 Å². The number of hydrogen-bond acceptors (Lipinski definition) is 2. The van der Waals surface area contributed by atoms with Gasteiger partial charge < -0.3 is 10.0 Å². The molecule has 4 heteroatoms. The molecule has 1 N–H and O–H groups in total. The smallest absolute Gasteiger partial charge is 0.310 e. The maximum Gasteiger partial charge on any atom is 0.310 e. The van der Waals surface area contributed by atoms with E-state index in [4.69, 9.17) is 0 Å². The molecule has 1 unspecified atom stereocenters. The van der Waals surface area contributed by atoms with Crippen LogP contribution in [-0.2, 0) is 9.59 Å². The van der Waals surface area contributed by atoms with Crippen molar-refractivity contribution in [1.82, 2.24) is 4.90 Å². The Kier molecular flexibility index (Phi) is 5.65. The summed E-state index contributed by atoms with van der Waals surface area (Å²) in [4.78, 5) is 26.5. The Labute approximate surface area is 127 Å².